The van der Waals surface area contributed by atoms with Crippen molar-refractivity contribution in [1.29, 1.82) is 21.0 Å². The van der Waals surface area contributed by atoms with Crippen LogP contribution in [0.2, 0.25) is 0 Å². The third-order valence-corrected chi connectivity index (χ3v) is 8.52. The predicted molar refractivity (Wildman–Crippen MR) is 183 cm³/mol. The van der Waals surface area contributed by atoms with Crippen molar-refractivity contribution in [1.82, 2.24) is 9.55 Å². The molecular formula is C41H24N6. The minimum absolute atomic E-state index is 0.396. The first-order valence-electron chi connectivity index (χ1n) is 14.9. The summed E-state index contributed by atoms with van der Waals surface area (Å²) in [6, 6.07) is 40.1. The number of aryl methyl sites for hydroxylation is 2. The molecule has 0 radical (unpaired) electrons. The van der Waals surface area contributed by atoms with Crippen molar-refractivity contribution in [2.45, 2.75) is 13.8 Å². The molecule has 5 aromatic carbocycles. The fourth-order valence-electron chi connectivity index (χ4n) is 6.54. The Balaban J connectivity index is 1.67. The van der Waals surface area contributed by atoms with E-state index in [1.54, 1.807) is 30.6 Å². The first-order chi connectivity index (χ1) is 22.9. The van der Waals surface area contributed by atoms with E-state index in [9.17, 15) is 21.0 Å². The third-order valence-electron chi connectivity index (χ3n) is 8.52. The Labute approximate surface area is 271 Å². The largest absolute Gasteiger partial charge is 0.308 e. The summed E-state index contributed by atoms with van der Waals surface area (Å²) >= 11 is 0. The minimum Gasteiger partial charge on any atom is -0.308 e. The number of pyridine rings is 1. The van der Waals surface area contributed by atoms with Gasteiger partial charge in [0, 0.05) is 34.3 Å². The zero-order chi connectivity index (χ0) is 32.7. The molecule has 0 amide bonds. The molecule has 0 saturated carbocycles. The second-order valence-electron chi connectivity index (χ2n) is 11.5. The summed E-state index contributed by atoms with van der Waals surface area (Å²) in [5.41, 5.74) is 11.6. The van der Waals surface area contributed by atoms with Crippen LogP contribution in [0.25, 0.3) is 60.9 Å². The first kappa shape index (κ1) is 28.8. The maximum Gasteiger partial charge on any atom is 0.0998 e. The summed E-state index contributed by atoms with van der Waals surface area (Å²) in [6.07, 6.45) is 3.43. The van der Waals surface area contributed by atoms with Crippen molar-refractivity contribution < 1.29 is 0 Å². The van der Waals surface area contributed by atoms with E-state index in [-0.39, 0.29) is 0 Å². The van der Waals surface area contributed by atoms with Crippen LogP contribution in [0.15, 0.2) is 109 Å². The fourth-order valence-corrected chi connectivity index (χ4v) is 6.54. The number of aromatic nitrogens is 2. The van der Waals surface area contributed by atoms with E-state index in [0.717, 1.165) is 72.0 Å². The van der Waals surface area contributed by atoms with Crippen LogP contribution >= 0.6 is 0 Å². The molecule has 2 aromatic heterocycles. The highest BCUT2D eigenvalue weighted by atomic mass is 15.0. The standard InChI is InChI=1S/C41H24N6/c1-25-13-27(21-42)17-31(14-25)34-5-3-7-36-37-8-4-6-35(32-18-28(22-43)16-29(19-32)23-44)41(37)47(40(34)36)39-20-33(24-45)38(15-26(39)2)30-9-11-46-12-10-30/h3-20H,1-2H3. The van der Waals surface area contributed by atoms with Gasteiger partial charge in [0.2, 0.25) is 0 Å². The molecule has 2 heterocycles. The van der Waals surface area contributed by atoms with Gasteiger partial charge in [0.15, 0.2) is 0 Å². The van der Waals surface area contributed by atoms with E-state index in [4.69, 9.17) is 0 Å². The van der Waals surface area contributed by atoms with Crippen LogP contribution in [0, 0.1) is 59.2 Å². The molecule has 0 saturated heterocycles. The lowest BCUT2D eigenvalue weighted by Crippen LogP contribution is -2.02. The molecule has 0 aliphatic rings. The van der Waals surface area contributed by atoms with Gasteiger partial charge >= 0.3 is 0 Å². The van der Waals surface area contributed by atoms with E-state index in [2.05, 4.69) is 58.1 Å². The van der Waals surface area contributed by atoms with E-state index >= 15 is 0 Å². The summed E-state index contributed by atoms with van der Waals surface area (Å²) in [5, 5.41) is 41.8. The normalized spacial score (nSPS) is 10.7. The number of nitrogens with zero attached hydrogens (tertiary/aromatic N) is 6. The van der Waals surface area contributed by atoms with Gasteiger partial charge in [0.05, 0.1) is 63.3 Å². The van der Waals surface area contributed by atoms with Gasteiger partial charge < -0.3 is 4.57 Å². The Bertz CT molecular complexity index is 2550. The molecule has 6 nitrogen and oxygen atoms in total. The third kappa shape index (κ3) is 4.85. The summed E-state index contributed by atoms with van der Waals surface area (Å²) in [4.78, 5) is 4.15. The van der Waals surface area contributed by atoms with E-state index in [1.807, 2.05) is 68.4 Å². The molecule has 0 aliphatic heterocycles. The zero-order valence-corrected chi connectivity index (χ0v) is 25.6. The number of nitriles is 4. The molecule has 0 atom stereocenters. The average Bonchev–Trinajstić information content (AvgIpc) is 3.45. The van der Waals surface area contributed by atoms with Crippen molar-refractivity contribution in [2.24, 2.45) is 0 Å². The number of hydrogen-bond donors (Lipinski definition) is 0. The van der Waals surface area contributed by atoms with E-state index < -0.39 is 0 Å². The number of rotatable bonds is 4. The molecular weight excluding hydrogens is 576 g/mol. The van der Waals surface area contributed by atoms with Gasteiger partial charge in [-0.3, -0.25) is 4.98 Å². The summed E-state index contributed by atoms with van der Waals surface area (Å²) < 4.78 is 2.20. The molecule has 218 valence electrons. The molecule has 0 spiro atoms. The molecule has 0 aliphatic carbocycles. The van der Waals surface area contributed by atoms with Crippen LogP contribution in [0.3, 0.4) is 0 Å². The van der Waals surface area contributed by atoms with Crippen molar-refractivity contribution in [2.75, 3.05) is 0 Å². The van der Waals surface area contributed by atoms with Gasteiger partial charge in [0.1, 0.15) is 0 Å². The lowest BCUT2D eigenvalue weighted by atomic mass is 9.96. The monoisotopic (exact) mass is 600 g/mol. The summed E-state index contributed by atoms with van der Waals surface area (Å²) in [7, 11) is 0. The maximum absolute atomic E-state index is 10.4. The highest BCUT2D eigenvalue weighted by Gasteiger charge is 2.22. The van der Waals surface area contributed by atoms with Crippen LogP contribution in [-0.4, -0.2) is 9.55 Å². The van der Waals surface area contributed by atoms with Gasteiger partial charge in [-0.15, -0.1) is 0 Å². The van der Waals surface area contributed by atoms with Crippen molar-refractivity contribution in [3.8, 4) is 63.3 Å². The second kappa shape index (κ2) is 11.5. The molecule has 7 aromatic rings. The Hall–Kier alpha value is -6.99. The first-order valence-corrected chi connectivity index (χ1v) is 14.9. The second-order valence-corrected chi connectivity index (χ2v) is 11.5. The summed E-state index contributed by atoms with van der Waals surface area (Å²) in [6.45, 7) is 4.02. The number of para-hydroxylation sites is 2. The van der Waals surface area contributed by atoms with Crippen LogP contribution in [0.5, 0.6) is 0 Å². The van der Waals surface area contributed by atoms with Crippen molar-refractivity contribution >= 4 is 21.8 Å². The molecule has 0 N–H and O–H groups in total. The molecule has 0 bridgehead atoms. The Kier molecular flexibility index (Phi) is 7.04. The van der Waals surface area contributed by atoms with Crippen LogP contribution in [-0.2, 0) is 0 Å². The highest BCUT2D eigenvalue weighted by molar-refractivity contribution is 6.17. The van der Waals surface area contributed by atoms with E-state index in [1.165, 1.54) is 0 Å². The lowest BCUT2D eigenvalue weighted by molar-refractivity contribution is 1.15. The van der Waals surface area contributed by atoms with Crippen LogP contribution < -0.4 is 0 Å². The Morgan fingerprint density at radius 2 is 1.09 bits per heavy atom. The number of benzene rings is 5. The number of fused-ring (bicyclic) bond motifs is 3. The zero-order valence-electron chi connectivity index (χ0n) is 25.6. The van der Waals surface area contributed by atoms with Gasteiger partial charge in [-0.1, -0.05) is 42.5 Å². The number of hydrogen-bond acceptors (Lipinski definition) is 5. The van der Waals surface area contributed by atoms with Crippen LogP contribution in [0.4, 0.5) is 0 Å². The Morgan fingerprint density at radius 3 is 1.64 bits per heavy atom. The van der Waals surface area contributed by atoms with Crippen molar-refractivity contribution in [3.05, 3.63) is 143 Å². The van der Waals surface area contributed by atoms with Gasteiger partial charge in [-0.25, -0.2) is 0 Å². The quantitative estimate of drug-likeness (QED) is 0.200. The molecule has 0 unspecified atom stereocenters. The van der Waals surface area contributed by atoms with Crippen molar-refractivity contribution in [3.63, 3.8) is 0 Å². The SMILES string of the molecule is Cc1cc(C#N)cc(-c2cccc3c4cccc(-c5cc(C#N)cc(C#N)c5)c4n(-c4cc(C#N)c(-c5ccncc5)cc4C)c23)c1. The highest BCUT2D eigenvalue weighted by Crippen LogP contribution is 2.43. The predicted octanol–water partition coefficient (Wildman–Crippen LogP) is 9.28. The average molecular weight is 601 g/mol. The van der Waals surface area contributed by atoms with Gasteiger partial charge in [-0.2, -0.15) is 21.0 Å². The lowest BCUT2D eigenvalue weighted by Gasteiger charge is -2.18. The summed E-state index contributed by atoms with van der Waals surface area (Å²) in [5.74, 6) is 0. The van der Waals surface area contributed by atoms with E-state index in [0.29, 0.717) is 22.3 Å². The van der Waals surface area contributed by atoms with Crippen LogP contribution in [0.1, 0.15) is 33.4 Å². The molecule has 6 heteroatoms. The Morgan fingerprint density at radius 1 is 0.532 bits per heavy atom. The maximum atomic E-state index is 10.4. The molecule has 7 rings (SSSR count). The molecule has 47 heavy (non-hydrogen) atoms. The topological polar surface area (TPSA) is 113 Å². The van der Waals surface area contributed by atoms with Gasteiger partial charge in [0.25, 0.3) is 0 Å². The van der Waals surface area contributed by atoms with Gasteiger partial charge in [-0.05, 0) is 102 Å². The molecule has 0 fully saturated rings. The fraction of sp³-hybridized carbons (Fsp3) is 0.0488. The smallest absolute Gasteiger partial charge is 0.0998 e. The minimum atomic E-state index is 0.396.